The average Bonchev–Trinajstić information content (AvgIpc) is 2.37. The van der Waals surface area contributed by atoms with Gasteiger partial charge in [0.2, 0.25) is 0 Å². The summed E-state index contributed by atoms with van der Waals surface area (Å²) in [5, 5.41) is 3.13. The molecule has 3 heteroatoms. The van der Waals surface area contributed by atoms with Gasteiger partial charge >= 0.3 is 0 Å². The van der Waals surface area contributed by atoms with E-state index in [1.807, 2.05) is 31.3 Å². The molecule has 0 saturated carbocycles. The van der Waals surface area contributed by atoms with Crippen LogP contribution < -0.4 is 14.8 Å². The first-order chi connectivity index (χ1) is 8.30. The van der Waals surface area contributed by atoms with E-state index in [2.05, 4.69) is 19.2 Å². The largest absolute Gasteiger partial charge is 0.494 e. The summed E-state index contributed by atoms with van der Waals surface area (Å²) in [6, 6.07) is 7.83. The normalized spacial score (nSPS) is 12.2. The van der Waals surface area contributed by atoms with E-state index in [1.54, 1.807) is 0 Å². The van der Waals surface area contributed by atoms with Crippen LogP contribution in [-0.4, -0.2) is 26.3 Å². The van der Waals surface area contributed by atoms with Crippen molar-refractivity contribution in [3.63, 3.8) is 0 Å². The zero-order chi connectivity index (χ0) is 12.5. The highest BCUT2D eigenvalue weighted by atomic mass is 16.5. The van der Waals surface area contributed by atoms with Crippen molar-refractivity contribution in [2.24, 2.45) is 0 Å². The first kappa shape index (κ1) is 13.8. The molecule has 1 aromatic rings. The molecule has 0 aromatic heterocycles. The SMILES string of the molecule is CCCOc1ccc(OC(CC)CNC)cc1. The molecular formula is C14H23NO2. The number of rotatable bonds is 8. The van der Waals surface area contributed by atoms with Gasteiger partial charge in [-0.1, -0.05) is 13.8 Å². The minimum absolute atomic E-state index is 0.224. The summed E-state index contributed by atoms with van der Waals surface area (Å²) >= 11 is 0. The molecule has 1 unspecified atom stereocenters. The number of nitrogens with one attached hydrogen (secondary N) is 1. The second-order valence-electron chi connectivity index (χ2n) is 4.03. The van der Waals surface area contributed by atoms with Gasteiger partial charge in [-0.3, -0.25) is 0 Å². The van der Waals surface area contributed by atoms with E-state index in [-0.39, 0.29) is 6.10 Å². The van der Waals surface area contributed by atoms with E-state index < -0.39 is 0 Å². The van der Waals surface area contributed by atoms with Crippen LogP contribution in [-0.2, 0) is 0 Å². The van der Waals surface area contributed by atoms with Crippen molar-refractivity contribution in [1.29, 1.82) is 0 Å². The first-order valence-electron chi connectivity index (χ1n) is 6.34. The Bertz CT molecular complexity index is 298. The standard InChI is InChI=1S/C14H23NO2/c1-4-10-16-13-6-8-14(9-7-13)17-12(5-2)11-15-3/h6-9,12,15H,4-5,10-11H2,1-3H3. The molecule has 0 spiro atoms. The highest BCUT2D eigenvalue weighted by molar-refractivity contribution is 5.31. The minimum atomic E-state index is 0.224. The van der Waals surface area contributed by atoms with Crippen molar-refractivity contribution >= 4 is 0 Å². The summed E-state index contributed by atoms with van der Waals surface area (Å²) in [4.78, 5) is 0. The van der Waals surface area contributed by atoms with Crippen LogP contribution in [0, 0.1) is 0 Å². The number of hydrogen-bond acceptors (Lipinski definition) is 3. The maximum absolute atomic E-state index is 5.85. The van der Waals surface area contributed by atoms with E-state index in [0.29, 0.717) is 0 Å². The Morgan fingerprint density at radius 3 is 2.29 bits per heavy atom. The summed E-state index contributed by atoms with van der Waals surface area (Å²) in [6.45, 7) is 5.85. The molecule has 0 aliphatic carbocycles. The Balaban J connectivity index is 2.49. The molecule has 1 aromatic carbocycles. The molecular weight excluding hydrogens is 214 g/mol. The number of benzene rings is 1. The second kappa shape index (κ2) is 7.96. The zero-order valence-corrected chi connectivity index (χ0v) is 11.0. The van der Waals surface area contributed by atoms with Crippen LogP contribution in [0.25, 0.3) is 0 Å². The van der Waals surface area contributed by atoms with Crippen molar-refractivity contribution in [3.05, 3.63) is 24.3 Å². The third kappa shape index (κ3) is 5.09. The highest BCUT2D eigenvalue weighted by Crippen LogP contribution is 2.19. The van der Waals surface area contributed by atoms with Gasteiger partial charge in [0.05, 0.1) is 6.61 Å². The molecule has 17 heavy (non-hydrogen) atoms. The molecule has 0 fully saturated rings. The fourth-order valence-electron chi connectivity index (χ4n) is 1.52. The van der Waals surface area contributed by atoms with Crippen LogP contribution in [0.1, 0.15) is 26.7 Å². The Morgan fingerprint density at radius 1 is 1.12 bits per heavy atom. The van der Waals surface area contributed by atoms with E-state index in [0.717, 1.165) is 37.5 Å². The number of hydrogen-bond donors (Lipinski definition) is 1. The molecule has 0 bridgehead atoms. The zero-order valence-electron chi connectivity index (χ0n) is 11.0. The van der Waals surface area contributed by atoms with Crippen molar-refractivity contribution in [2.75, 3.05) is 20.2 Å². The van der Waals surface area contributed by atoms with Gasteiger partial charge in [-0.05, 0) is 44.2 Å². The van der Waals surface area contributed by atoms with Gasteiger partial charge in [-0.2, -0.15) is 0 Å². The molecule has 1 rings (SSSR count). The molecule has 0 saturated heterocycles. The molecule has 0 heterocycles. The third-order valence-corrected chi connectivity index (χ3v) is 2.49. The topological polar surface area (TPSA) is 30.5 Å². The monoisotopic (exact) mass is 237 g/mol. The van der Waals surface area contributed by atoms with Gasteiger partial charge in [-0.25, -0.2) is 0 Å². The Hall–Kier alpha value is -1.22. The molecule has 1 atom stereocenters. The summed E-state index contributed by atoms with van der Waals surface area (Å²) in [7, 11) is 1.94. The molecule has 0 amide bonds. The molecule has 1 N–H and O–H groups in total. The van der Waals surface area contributed by atoms with Crippen LogP contribution in [0.2, 0.25) is 0 Å². The Morgan fingerprint density at radius 2 is 1.76 bits per heavy atom. The Kier molecular flexibility index (Phi) is 6.48. The average molecular weight is 237 g/mol. The summed E-state index contributed by atoms with van der Waals surface area (Å²) < 4.78 is 11.4. The van der Waals surface area contributed by atoms with Crippen LogP contribution in [0.3, 0.4) is 0 Å². The minimum Gasteiger partial charge on any atom is -0.494 e. The van der Waals surface area contributed by atoms with E-state index in [9.17, 15) is 0 Å². The highest BCUT2D eigenvalue weighted by Gasteiger charge is 2.06. The van der Waals surface area contributed by atoms with Crippen molar-refractivity contribution in [2.45, 2.75) is 32.8 Å². The maximum atomic E-state index is 5.85. The lowest BCUT2D eigenvalue weighted by Crippen LogP contribution is -2.28. The summed E-state index contributed by atoms with van der Waals surface area (Å²) in [5.74, 6) is 1.80. The quantitative estimate of drug-likeness (QED) is 0.754. The molecule has 0 aliphatic rings. The van der Waals surface area contributed by atoms with Gasteiger partial charge < -0.3 is 14.8 Å². The lowest BCUT2D eigenvalue weighted by atomic mass is 10.2. The van der Waals surface area contributed by atoms with Gasteiger partial charge in [0.15, 0.2) is 0 Å². The van der Waals surface area contributed by atoms with Crippen LogP contribution in [0.4, 0.5) is 0 Å². The smallest absolute Gasteiger partial charge is 0.120 e. The van der Waals surface area contributed by atoms with Gasteiger partial charge in [0, 0.05) is 6.54 Å². The lowest BCUT2D eigenvalue weighted by Gasteiger charge is -2.17. The van der Waals surface area contributed by atoms with E-state index >= 15 is 0 Å². The van der Waals surface area contributed by atoms with Crippen LogP contribution in [0.5, 0.6) is 11.5 Å². The van der Waals surface area contributed by atoms with Gasteiger partial charge in [-0.15, -0.1) is 0 Å². The predicted octanol–water partition coefficient (Wildman–Crippen LogP) is 2.85. The maximum Gasteiger partial charge on any atom is 0.120 e. The number of ether oxygens (including phenoxy) is 2. The van der Waals surface area contributed by atoms with E-state index in [1.165, 1.54) is 0 Å². The fourth-order valence-corrected chi connectivity index (χ4v) is 1.52. The van der Waals surface area contributed by atoms with Crippen molar-refractivity contribution in [3.8, 4) is 11.5 Å². The molecule has 3 nitrogen and oxygen atoms in total. The predicted molar refractivity (Wildman–Crippen MR) is 70.9 cm³/mol. The fraction of sp³-hybridized carbons (Fsp3) is 0.571. The molecule has 96 valence electrons. The van der Waals surface area contributed by atoms with Gasteiger partial charge in [0.25, 0.3) is 0 Å². The molecule has 0 aliphatic heterocycles. The third-order valence-electron chi connectivity index (χ3n) is 2.49. The Labute approximate surface area is 104 Å². The number of likely N-dealkylation sites (N-methyl/N-ethyl adjacent to an activating group) is 1. The van der Waals surface area contributed by atoms with Gasteiger partial charge in [0.1, 0.15) is 17.6 Å². The molecule has 0 radical (unpaired) electrons. The lowest BCUT2D eigenvalue weighted by molar-refractivity contribution is 0.196. The van der Waals surface area contributed by atoms with Crippen molar-refractivity contribution in [1.82, 2.24) is 5.32 Å². The van der Waals surface area contributed by atoms with E-state index in [4.69, 9.17) is 9.47 Å². The van der Waals surface area contributed by atoms with Crippen LogP contribution >= 0.6 is 0 Å². The first-order valence-corrected chi connectivity index (χ1v) is 6.34. The van der Waals surface area contributed by atoms with Crippen LogP contribution in [0.15, 0.2) is 24.3 Å². The summed E-state index contributed by atoms with van der Waals surface area (Å²) in [6.07, 6.45) is 2.25. The summed E-state index contributed by atoms with van der Waals surface area (Å²) in [5.41, 5.74) is 0. The van der Waals surface area contributed by atoms with Crippen molar-refractivity contribution < 1.29 is 9.47 Å². The second-order valence-corrected chi connectivity index (χ2v) is 4.03.